The van der Waals surface area contributed by atoms with Gasteiger partial charge < -0.3 is 10.3 Å². The number of aromatic amines is 1. The molecule has 0 spiro atoms. The van der Waals surface area contributed by atoms with E-state index >= 15 is 0 Å². The van der Waals surface area contributed by atoms with Gasteiger partial charge in [0.1, 0.15) is 5.82 Å². The molecule has 0 saturated carbocycles. The molecule has 2 rings (SSSR count). The lowest BCUT2D eigenvalue weighted by atomic mass is 10.2. The van der Waals surface area contributed by atoms with Crippen molar-refractivity contribution < 1.29 is 13.6 Å². The topological polar surface area (TPSA) is 57.8 Å². The number of carbonyl (C=O) groups is 1. The predicted molar refractivity (Wildman–Crippen MR) is 77.5 cm³/mol. The number of nitrogens with zero attached hydrogens (tertiary/aromatic N) is 1. The summed E-state index contributed by atoms with van der Waals surface area (Å²) in [4.78, 5) is 19.4. The average molecular weight is 311 g/mol. The minimum atomic E-state index is -2.54. The standard InChI is InChI=1S/C14H15F2N3OS/c15-14(16)21-11-5-2-1-4-10(11)13(20)19-7-3-6-12-17-8-9-18-12/h1-2,4-5,8-9,14H,3,6-7H2,(H,17,18)(H,19,20). The second-order valence-electron chi connectivity index (χ2n) is 4.27. The molecule has 21 heavy (non-hydrogen) atoms. The molecule has 0 aliphatic rings. The molecule has 4 nitrogen and oxygen atoms in total. The third-order valence-electron chi connectivity index (χ3n) is 2.78. The number of aromatic nitrogens is 2. The molecule has 0 atom stereocenters. The summed E-state index contributed by atoms with van der Waals surface area (Å²) in [6, 6.07) is 6.37. The van der Waals surface area contributed by atoms with Gasteiger partial charge in [0.05, 0.1) is 5.56 Å². The fourth-order valence-electron chi connectivity index (χ4n) is 1.84. The highest BCUT2D eigenvalue weighted by Crippen LogP contribution is 2.28. The van der Waals surface area contributed by atoms with E-state index in [9.17, 15) is 13.6 Å². The highest BCUT2D eigenvalue weighted by molar-refractivity contribution is 7.99. The van der Waals surface area contributed by atoms with Gasteiger partial charge in [0.25, 0.3) is 11.7 Å². The Hall–Kier alpha value is -1.89. The van der Waals surface area contributed by atoms with E-state index < -0.39 is 5.76 Å². The molecule has 7 heteroatoms. The van der Waals surface area contributed by atoms with E-state index in [0.717, 1.165) is 18.7 Å². The van der Waals surface area contributed by atoms with Gasteiger partial charge in [-0.15, -0.1) is 0 Å². The number of benzene rings is 1. The van der Waals surface area contributed by atoms with Crippen LogP contribution in [0.4, 0.5) is 8.78 Å². The molecule has 0 aliphatic carbocycles. The Balaban J connectivity index is 1.85. The number of H-pyrrole nitrogens is 1. The number of rotatable bonds is 7. The number of halogens is 2. The molecule has 1 amide bonds. The number of thioether (sulfide) groups is 1. The fraction of sp³-hybridized carbons (Fsp3) is 0.286. The zero-order valence-electron chi connectivity index (χ0n) is 11.2. The van der Waals surface area contributed by atoms with Crippen molar-refractivity contribution in [3.63, 3.8) is 0 Å². The third-order valence-corrected chi connectivity index (χ3v) is 3.57. The Kier molecular flexibility index (Phi) is 5.74. The fourth-order valence-corrected chi connectivity index (χ4v) is 2.48. The van der Waals surface area contributed by atoms with E-state index in [1.165, 1.54) is 6.07 Å². The number of amides is 1. The van der Waals surface area contributed by atoms with Crippen molar-refractivity contribution in [1.29, 1.82) is 0 Å². The normalized spacial score (nSPS) is 10.8. The number of aryl methyl sites for hydroxylation is 1. The van der Waals surface area contributed by atoms with E-state index in [1.807, 2.05) is 0 Å². The molecule has 112 valence electrons. The van der Waals surface area contributed by atoms with Crippen LogP contribution >= 0.6 is 11.8 Å². The SMILES string of the molecule is O=C(NCCCc1ncc[nH]1)c1ccccc1SC(F)F. The van der Waals surface area contributed by atoms with Crippen molar-refractivity contribution in [2.24, 2.45) is 0 Å². The van der Waals surface area contributed by atoms with Crippen LogP contribution in [-0.4, -0.2) is 28.2 Å². The zero-order chi connectivity index (χ0) is 15.1. The quantitative estimate of drug-likeness (QED) is 0.610. The largest absolute Gasteiger partial charge is 0.352 e. The van der Waals surface area contributed by atoms with Crippen molar-refractivity contribution in [1.82, 2.24) is 15.3 Å². The summed E-state index contributed by atoms with van der Waals surface area (Å²) in [5.41, 5.74) is 0.279. The summed E-state index contributed by atoms with van der Waals surface area (Å²) < 4.78 is 24.9. The van der Waals surface area contributed by atoms with Gasteiger partial charge in [0.2, 0.25) is 0 Å². The van der Waals surface area contributed by atoms with E-state index in [2.05, 4.69) is 15.3 Å². The molecule has 0 fully saturated rings. The van der Waals surface area contributed by atoms with Gasteiger partial charge in [0.15, 0.2) is 0 Å². The number of hydrogen-bond acceptors (Lipinski definition) is 3. The minimum absolute atomic E-state index is 0.279. The van der Waals surface area contributed by atoms with Gasteiger partial charge >= 0.3 is 0 Å². The Morgan fingerprint density at radius 2 is 2.19 bits per heavy atom. The smallest absolute Gasteiger partial charge is 0.288 e. The molecule has 2 aromatic rings. The van der Waals surface area contributed by atoms with Gasteiger partial charge in [0, 0.05) is 30.3 Å². The molecule has 0 saturated heterocycles. The average Bonchev–Trinajstić information content (AvgIpc) is 2.96. The van der Waals surface area contributed by atoms with Crippen LogP contribution in [0.3, 0.4) is 0 Å². The van der Waals surface area contributed by atoms with Gasteiger partial charge in [-0.1, -0.05) is 23.9 Å². The highest BCUT2D eigenvalue weighted by Gasteiger charge is 2.14. The Bertz CT molecular complexity index is 575. The van der Waals surface area contributed by atoms with Gasteiger partial charge in [-0.25, -0.2) is 4.98 Å². The Morgan fingerprint density at radius 1 is 1.38 bits per heavy atom. The summed E-state index contributed by atoms with van der Waals surface area (Å²) in [7, 11) is 0. The van der Waals surface area contributed by atoms with Crippen molar-refractivity contribution >= 4 is 17.7 Å². The first kappa shape index (κ1) is 15.5. The summed E-state index contributed by atoms with van der Waals surface area (Å²) in [6.07, 6.45) is 4.86. The number of alkyl halides is 2. The Morgan fingerprint density at radius 3 is 2.90 bits per heavy atom. The van der Waals surface area contributed by atoms with Crippen LogP contribution in [0, 0.1) is 0 Å². The van der Waals surface area contributed by atoms with Crippen LogP contribution in [0.25, 0.3) is 0 Å². The summed E-state index contributed by atoms with van der Waals surface area (Å²) >= 11 is 0.381. The second kappa shape index (κ2) is 7.78. The molecular weight excluding hydrogens is 296 g/mol. The van der Waals surface area contributed by atoms with Crippen molar-refractivity contribution in [2.45, 2.75) is 23.5 Å². The number of nitrogens with one attached hydrogen (secondary N) is 2. The number of imidazole rings is 1. The molecule has 1 heterocycles. The van der Waals surface area contributed by atoms with Crippen LogP contribution in [0.2, 0.25) is 0 Å². The van der Waals surface area contributed by atoms with Gasteiger partial charge in [-0.2, -0.15) is 8.78 Å². The van der Waals surface area contributed by atoms with Crippen LogP contribution in [0.5, 0.6) is 0 Å². The van der Waals surface area contributed by atoms with Crippen LogP contribution in [0.15, 0.2) is 41.6 Å². The lowest BCUT2D eigenvalue weighted by Gasteiger charge is -2.09. The molecular formula is C14H15F2N3OS. The van der Waals surface area contributed by atoms with Crippen LogP contribution in [0.1, 0.15) is 22.6 Å². The van der Waals surface area contributed by atoms with E-state index in [0.29, 0.717) is 18.3 Å². The number of carbonyl (C=O) groups excluding carboxylic acids is 1. The van der Waals surface area contributed by atoms with Crippen LogP contribution < -0.4 is 5.32 Å². The lowest BCUT2D eigenvalue weighted by Crippen LogP contribution is -2.25. The van der Waals surface area contributed by atoms with Gasteiger partial charge in [-0.05, 0) is 18.6 Å². The molecule has 0 radical (unpaired) electrons. The monoisotopic (exact) mass is 311 g/mol. The van der Waals surface area contributed by atoms with E-state index in [-0.39, 0.29) is 16.4 Å². The Labute approximate surface area is 125 Å². The van der Waals surface area contributed by atoms with Crippen molar-refractivity contribution in [2.75, 3.05) is 6.54 Å². The maximum Gasteiger partial charge on any atom is 0.288 e. The van der Waals surface area contributed by atoms with E-state index in [4.69, 9.17) is 0 Å². The first-order valence-corrected chi connectivity index (χ1v) is 7.35. The molecule has 0 bridgehead atoms. The van der Waals surface area contributed by atoms with E-state index in [1.54, 1.807) is 30.6 Å². The maximum absolute atomic E-state index is 12.4. The molecule has 2 N–H and O–H groups in total. The third kappa shape index (κ3) is 4.86. The molecule has 1 aromatic heterocycles. The zero-order valence-corrected chi connectivity index (χ0v) is 12.0. The first-order chi connectivity index (χ1) is 10.2. The predicted octanol–water partition coefficient (Wildman–Crippen LogP) is 3.09. The summed E-state index contributed by atoms with van der Waals surface area (Å²) in [5.74, 6) is -2.02. The van der Waals surface area contributed by atoms with Crippen molar-refractivity contribution in [3.05, 3.63) is 48.0 Å². The first-order valence-electron chi connectivity index (χ1n) is 6.47. The molecule has 1 aromatic carbocycles. The maximum atomic E-state index is 12.4. The summed E-state index contributed by atoms with van der Waals surface area (Å²) in [6.45, 7) is 0.465. The molecule has 0 unspecified atom stereocenters. The lowest BCUT2D eigenvalue weighted by molar-refractivity contribution is 0.0950. The van der Waals surface area contributed by atoms with Crippen molar-refractivity contribution in [3.8, 4) is 0 Å². The second-order valence-corrected chi connectivity index (χ2v) is 5.30. The van der Waals surface area contributed by atoms with Gasteiger partial charge in [-0.3, -0.25) is 4.79 Å². The minimum Gasteiger partial charge on any atom is -0.352 e. The summed E-state index contributed by atoms with van der Waals surface area (Å²) in [5, 5.41) is 2.74. The number of hydrogen-bond donors (Lipinski definition) is 2. The van der Waals surface area contributed by atoms with Crippen LogP contribution in [-0.2, 0) is 6.42 Å². The molecule has 0 aliphatic heterocycles. The highest BCUT2D eigenvalue weighted by atomic mass is 32.2.